The summed E-state index contributed by atoms with van der Waals surface area (Å²) in [5, 5.41) is 12.3. The molecule has 1 heterocycles. The number of hydrogen-bond donors (Lipinski definition) is 1. The summed E-state index contributed by atoms with van der Waals surface area (Å²) in [4.78, 5) is 6.67. The van der Waals surface area contributed by atoms with Gasteiger partial charge in [-0.2, -0.15) is 5.26 Å². The molecule has 0 radical (unpaired) electrons. The van der Waals surface area contributed by atoms with Crippen LogP contribution in [0.3, 0.4) is 0 Å². The number of nitrogens with zero attached hydrogens (tertiary/aromatic N) is 3. The number of guanidine groups is 1. The summed E-state index contributed by atoms with van der Waals surface area (Å²) in [6.07, 6.45) is 3.32. The van der Waals surface area contributed by atoms with E-state index in [0.717, 1.165) is 57.1 Å². The molecule has 6 heteroatoms. The monoisotopic (exact) mass is 344 g/mol. The molecule has 0 aliphatic carbocycles. The molecule has 25 heavy (non-hydrogen) atoms. The Morgan fingerprint density at radius 2 is 2.00 bits per heavy atom. The molecule has 1 N–H and O–H groups in total. The highest BCUT2D eigenvalue weighted by atomic mass is 16.5. The van der Waals surface area contributed by atoms with Crippen LogP contribution in [-0.4, -0.2) is 57.4 Å². The molecule has 6 nitrogen and oxygen atoms in total. The number of likely N-dealkylation sites (tertiary alicyclic amines) is 1. The van der Waals surface area contributed by atoms with Crippen LogP contribution in [0.5, 0.6) is 0 Å². The first-order valence-corrected chi connectivity index (χ1v) is 8.82. The Labute approximate surface area is 150 Å². The number of nitrogens with one attached hydrogen (secondary N) is 1. The molecule has 1 aliphatic heterocycles. The molecule has 0 amide bonds. The maximum Gasteiger partial charge on any atom is 0.193 e. The lowest BCUT2D eigenvalue weighted by molar-refractivity contribution is 0.00989. The van der Waals surface area contributed by atoms with E-state index >= 15 is 0 Å². The maximum atomic E-state index is 8.85. The van der Waals surface area contributed by atoms with Gasteiger partial charge < -0.3 is 19.7 Å². The average molecular weight is 344 g/mol. The average Bonchev–Trinajstić information content (AvgIpc) is 2.67. The van der Waals surface area contributed by atoms with Crippen molar-refractivity contribution in [1.29, 1.82) is 5.26 Å². The Hall–Kier alpha value is -2.10. The molecule has 136 valence electrons. The number of rotatable bonds is 7. The molecule has 1 aliphatic rings. The van der Waals surface area contributed by atoms with Gasteiger partial charge in [0.05, 0.1) is 17.7 Å². The minimum absolute atomic E-state index is 0.338. The van der Waals surface area contributed by atoms with Crippen LogP contribution < -0.4 is 5.32 Å². The van der Waals surface area contributed by atoms with Gasteiger partial charge >= 0.3 is 0 Å². The van der Waals surface area contributed by atoms with E-state index in [4.69, 9.17) is 14.7 Å². The maximum absolute atomic E-state index is 8.85. The van der Waals surface area contributed by atoms with Gasteiger partial charge in [-0.15, -0.1) is 0 Å². The van der Waals surface area contributed by atoms with E-state index in [2.05, 4.69) is 21.3 Å². The summed E-state index contributed by atoms with van der Waals surface area (Å²) < 4.78 is 10.9. The van der Waals surface area contributed by atoms with Gasteiger partial charge in [-0.05, 0) is 37.0 Å². The van der Waals surface area contributed by atoms with E-state index in [9.17, 15) is 0 Å². The van der Waals surface area contributed by atoms with Crippen molar-refractivity contribution in [2.75, 3.05) is 40.5 Å². The number of benzene rings is 1. The van der Waals surface area contributed by atoms with Gasteiger partial charge in [0, 0.05) is 47.0 Å². The van der Waals surface area contributed by atoms with Gasteiger partial charge in [0.15, 0.2) is 5.96 Å². The van der Waals surface area contributed by atoms with Gasteiger partial charge in [0.25, 0.3) is 0 Å². The van der Waals surface area contributed by atoms with E-state index < -0.39 is 0 Å². The Balaban J connectivity index is 1.73. The van der Waals surface area contributed by atoms with Crippen LogP contribution in [-0.2, 0) is 16.0 Å². The lowest BCUT2D eigenvalue weighted by Gasteiger charge is -2.34. The second-order valence-electron chi connectivity index (χ2n) is 6.11. The molecule has 2 rings (SSSR count). The minimum atomic E-state index is 0.338. The summed E-state index contributed by atoms with van der Waals surface area (Å²) >= 11 is 0. The second-order valence-corrected chi connectivity index (χ2v) is 6.11. The zero-order valence-electron chi connectivity index (χ0n) is 15.2. The largest absolute Gasteiger partial charge is 0.385 e. The molecule has 0 aromatic heterocycles. The Morgan fingerprint density at radius 1 is 1.28 bits per heavy atom. The SMILES string of the molecule is CN=C(NCc1ccc(C#N)cc1)N1CCC(OCCCOC)CC1. The van der Waals surface area contributed by atoms with Crippen LogP contribution in [0.2, 0.25) is 0 Å². The highest BCUT2D eigenvalue weighted by Gasteiger charge is 2.21. The van der Waals surface area contributed by atoms with E-state index in [0.29, 0.717) is 18.2 Å². The third-order valence-electron chi connectivity index (χ3n) is 4.33. The van der Waals surface area contributed by atoms with Crippen molar-refractivity contribution in [3.63, 3.8) is 0 Å². The van der Waals surface area contributed by atoms with Crippen LogP contribution >= 0.6 is 0 Å². The fourth-order valence-electron chi connectivity index (χ4n) is 2.90. The van der Waals surface area contributed by atoms with Crippen LogP contribution in [0.15, 0.2) is 29.3 Å². The summed E-state index contributed by atoms with van der Waals surface area (Å²) in [7, 11) is 3.53. The summed E-state index contributed by atoms with van der Waals surface area (Å²) in [5.74, 6) is 0.919. The predicted octanol–water partition coefficient (Wildman–Crippen LogP) is 2.15. The first-order chi connectivity index (χ1) is 12.3. The van der Waals surface area contributed by atoms with Crippen LogP contribution in [0.25, 0.3) is 0 Å². The van der Waals surface area contributed by atoms with Gasteiger partial charge in [0.1, 0.15) is 0 Å². The highest BCUT2D eigenvalue weighted by Crippen LogP contribution is 2.14. The van der Waals surface area contributed by atoms with Gasteiger partial charge in [0.2, 0.25) is 0 Å². The molecular weight excluding hydrogens is 316 g/mol. The first kappa shape index (κ1) is 19.2. The molecule has 0 spiro atoms. The molecule has 0 bridgehead atoms. The number of ether oxygens (including phenoxy) is 2. The Morgan fingerprint density at radius 3 is 2.60 bits per heavy atom. The molecule has 0 atom stereocenters. The lowest BCUT2D eigenvalue weighted by atomic mass is 10.1. The number of hydrogen-bond acceptors (Lipinski definition) is 4. The summed E-state index contributed by atoms with van der Waals surface area (Å²) in [5.41, 5.74) is 1.82. The molecule has 1 aromatic rings. The van der Waals surface area contributed by atoms with Crippen molar-refractivity contribution < 1.29 is 9.47 Å². The van der Waals surface area contributed by atoms with E-state index in [1.165, 1.54) is 0 Å². The lowest BCUT2D eigenvalue weighted by Crippen LogP contribution is -2.46. The molecular formula is C19H28N4O2. The van der Waals surface area contributed by atoms with Crippen LogP contribution in [0.1, 0.15) is 30.4 Å². The van der Waals surface area contributed by atoms with Gasteiger partial charge in [-0.1, -0.05) is 12.1 Å². The normalized spacial score (nSPS) is 15.9. The quantitative estimate of drug-likeness (QED) is 0.466. The fraction of sp³-hybridized carbons (Fsp3) is 0.579. The number of methoxy groups -OCH3 is 1. The Kier molecular flexibility index (Phi) is 8.23. The first-order valence-electron chi connectivity index (χ1n) is 8.82. The highest BCUT2D eigenvalue weighted by molar-refractivity contribution is 5.79. The summed E-state index contributed by atoms with van der Waals surface area (Å²) in [6, 6.07) is 9.76. The third kappa shape index (κ3) is 6.37. The predicted molar refractivity (Wildman–Crippen MR) is 98.4 cm³/mol. The van der Waals surface area contributed by atoms with Crippen molar-refractivity contribution in [3.05, 3.63) is 35.4 Å². The Bertz CT molecular complexity index is 572. The van der Waals surface area contributed by atoms with Crippen LogP contribution in [0, 0.1) is 11.3 Å². The summed E-state index contributed by atoms with van der Waals surface area (Å²) in [6.45, 7) is 4.12. The van der Waals surface area contributed by atoms with E-state index in [1.807, 2.05) is 31.3 Å². The number of aliphatic imine (C=N–C) groups is 1. The molecule has 1 aromatic carbocycles. The number of nitriles is 1. The van der Waals surface area contributed by atoms with Crippen molar-refractivity contribution in [2.24, 2.45) is 4.99 Å². The van der Waals surface area contributed by atoms with E-state index in [-0.39, 0.29) is 0 Å². The smallest absolute Gasteiger partial charge is 0.193 e. The van der Waals surface area contributed by atoms with Crippen molar-refractivity contribution in [2.45, 2.75) is 31.9 Å². The fourth-order valence-corrected chi connectivity index (χ4v) is 2.90. The third-order valence-corrected chi connectivity index (χ3v) is 4.33. The van der Waals surface area contributed by atoms with Gasteiger partial charge in [-0.25, -0.2) is 0 Å². The van der Waals surface area contributed by atoms with Crippen molar-refractivity contribution in [1.82, 2.24) is 10.2 Å². The zero-order valence-corrected chi connectivity index (χ0v) is 15.2. The number of piperidine rings is 1. The molecule has 0 saturated carbocycles. The van der Waals surface area contributed by atoms with E-state index in [1.54, 1.807) is 7.11 Å². The van der Waals surface area contributed by atoms with Crippen molar-refractivity contribution >= 4 is 5.96 Å². The standard InChI is InChI=1S/C19H28N4O2/c1-21-19(22-15-17-6-4-16(14-20)5-7-17)23-10-8-18(9-11-23)25-13-3-12-24-2/h4-7,18H,3,8-13,15H2,1-2H3,(H,21,22). The van der Waals surface area contributed by atoms with Crippen LogP contribution in [0.4, 0.5) is 0 Å². The molecule has 1 fully saturated rings. The zero-order chi connectivity index (χ0) is 17.9. The molecule has 0 unspecified atom stereocenters. The minimum Gasteiger partial charge on any atom is -0.385 e. The van der Waals surface area contributed by atoms with Gasteiger partial charge in [-0.3, -0.25) is 4.99 Å². The second kappa shape index (κ2) is 10.7. The molecule has 1 saturated heterocycles. The van der Waals surface area contributed by atoms with Crippen molar-refractivity contribution in [3.8, 4) is 6.07 Å². The topological polar surface area (TPSA) is 69.9 Å².